The van der Waals surface area contributed by atoms with E-state index >= 15 is 0 Å². The molecule has 2 nitrogen and oxygen atoms in total. The molecule has 106 valence electrons. The minimum atomic E-state index is 0.592. The van der Waals surface area contributed by atoms with Gasteiger partial charge in [-0.25, -0.2) is 0 Å². The Morgan fingerprint density at radius 2 is 1.11 bits per heavy atom. The highest BCUT2D eigenvalue weighted by Gasteiger charge is 2.42. The average molecular weight is 262 g/mol. The monoisotopic (exact) mass is 262 g/mol. The van der Waals surface area contributed by atoms with E-state index in [0.717, 1.165) is 23.3 Å². The molecule has 0 bridgehead atoms. The molecule has 1 aliphatic rings. The van der Waals surface area contributed by atoms with Gasteiger partial charge in [0.25, 0.3) is 0 Å². The molecule has 2 heteroatoms. The van der Waals surface area contributed by atoms with Gasteiger partial charge >= 0.3 is 0 Å². The average Bonchev–Trinajstić information content (AvgIpc) is 2.62. The number of benzene rings is 1. The van der Waals surface area contributed by atoms with E-state index in [1.54, 1.807) is 14.2 Å². The van der Waals surface area contributed by atoms with Gasteiger partial charge in [-0.15, -0.1) is 0 Å². The number of hydrogen-bond donors (Lipinski definition) is 0. The van der Waals surface area contributed by atoms with Crippen LogP contribution < -0.4 is 9.47 Å². The van der Waals surface area contributed by atoms with Crippen LogP contribution in [-0.2, 0) is 0 Å². The summed E-state index contributed by atoms with van der Waals surface area (Å²) in [6.45, 7) is 9.51. The summed E-state index contributed by atoms with van der Waals surface area (Å²) < 4.78 is 10.8. The van der Waals surface area contributed by atoms with Crippen LogP contribution in [0.3, 0.4) is 0 Å². The van der Waals surface area contributed by atoms with Gasteiger partial charge in [-0.05, 0) is 47.3 Å². The highest BCUT2D eigenvalue weighted by molar-refractivity contribution is 5.41. The Labute approximate surface area is 117 Å². The van der Waals surface area contributed by atoms with Crippen LogP contribution in [0.25, 0.3) is 0 Å². The second-order valence-electron chi connectivity index (χ2n) is 6.11. The predicted octanol–water partition coefficient (Wildman–Crippen LogP) is 4.35. The molecule has 0 aliphatic heterocycles. The highest BCUT2D eigenvalue weighted by Crippen LogP contribution is 2.51. The minimum absolute atomic E-state index is 0.592. The standard InChI is InChI=1S/C17H26O2/c1-10-11(2)13(4)17(12(10)3)14-7-15(18-5)9-16(8-14)19-6/h7-13,17H,1-6H3. The van der Waals surface area contributed by atoms with E-state index in [2.05, 4.69) is 39.8 Å². The van der Waals surface area contributed by atoms with E-state index in [1.165, 1.54) is 5.56 Å². The largest absolute Gasteiger partial charge is 0.497 e. The van der Waals surface area contributed by atoms with Crippen molar-refractivity contribution in [3.63, 3.8) is 0 Å². The van der Waals surface area contributed by atoms with Crippen LogP contribution in [0.2, 0.25) is 0 Å². The molecule has 0 N–H and O–H groups in total. The predicted molar refractivity (Wildman–Crippen MR) is 78.9 cm³/mol. The summed E-state index contributed by atoms with van der Waals surface area (Å²) in [5.74, 6) is 5.29. The first kappa shape index (κ1) is 14.2. The molecule has 1 saturated carbocycles. The van der Waals surface area contributed by atoms with Crippen molar-refractivity contribution >= 4 is 0 Å². The lowest BCUT2D eigenvalue weighted by Gasteiger charge is -2.23. The first-order chi connectivity index (χ1) is 8.99. The quantitative estimate of drug-likeness (QED) is 0.806. The summed E-state index contributed by atoms with van der Waals surface area (Å²) in [6.07, 6.45) is 0. The van der Waals surface area contributed by atoms with Gasteiger partial charge in [0, 0.05) is 6.07 Å². The van der Waals surface area contributed by atoms with Crippen LogP contribution in [0.15, 0.2) is 18.2 Å². The summed E-state index contributed by atoms with van der Waals surface area (Å²) in [4.78, 5) is 0. The zero-order valence-electron chi connectivity index (χ0n) is 12.9. The summed E-state index contributed by atoms with van der Waals surface area (Å²) in [5.41, 5.74) is 1.35. The minimum Gasteiger partial charge on any atom is -0.497 e. The number of rotatable bonds is 3. The van der Waals surface area contributed by atoms with Crippen LogP contribution in [0.4, 0.5) is 0 Å². The fourth-order valence-electron chi connectivity index (χ4n) is 3.72. The Kier molecular flexibility index (Phi) is 4.07. The van der Waals surface area contributed by atoms with Gasteiger partial charge in [0.15, 0.2) is 0 Å². The fourth-order valence-corrected chi connectivity index (χ4v) is 3.72. The molecule has 1 aliphatic carbocycles. The second kappa shape index (κ2) is 5.44. The number of methoxy groups -OCH3 is 2. The molecule has 4 unspecified atom stereocenters. The zero-order valence-corrected chi connectivity index (χ0v) is 12.9. The Balaban J connectivity index is 2.40. The van der Waals surface area contributed by atoms with Crippen molar-refractivity contribution in [3.8, 4) is 11.5 Å². The lowest BCUT2D eigenvalue weighted by atomic mass is 9.83. The molecule has 2 rings (SSSR count). The van der Waals surface area contributed by atoms with Crippen LogP contribution in [0.1, 0.15) is 39.2 Å². The Hall–Kier alpha value is -1.18. The first-order valence-corrected chi connectivity index (χ1v) is 7.22. The highest BCUT2D eigenvalue weighted by atomic mass is 16.5. The van der Waals surface area contributed by atoms with Crippen molar-refractivity contribution in [1.82, 2.24) is 0 Å². The molecule has 0 heterocycles. The van der Waals surface area contributed by atoms with Crippen molar-refractivity contribution in [2.75, 3.05) is 14.2 Å². The third kappa shape index (κ3) is 2.45. The van der Waals surface area contributed by atoms with Crippen LogP contribution in [0.5, 0.6) is 11.5 Å². The Morgan fingerprint density at radius 1 is 0.684 bits per heavy atom. The Bertz CT molecular complexity index is 405. The second-order valence-corrected chi connectivity index (χ2v) is 6.11. The van der Waals surface area contributed by atoms with Crippen molar-refractivity contribution in [1.29, 1.82) is 0 Å². The molecular weight excluding hydrogens is 236 g/mol. The van der Waals surface area contributed by atoms with E-state index in [9.17, 15) is 0 Å². The van der Waals surface area contributed by atoms with Crippen LogP contribution >= 0.6 is 0 Å². The molecule has 1 aromatic carbocycles. The molecule has 0 saturated heterocycles. The van der Waals surface area contributed by atoms with Crippen molar-refractivity contribution in [3.05, 3.63) is 23.8 Å². The van der Waals surface area contributed by atoms with Crippen LogP contribution in [0, 0.1) is 23.7 Å². The third-order valence-electron chi connectivity index (χ3n) is 5.38. The van der Waals surface area contributed by atoms with Gasteiger partial charge in [0.2, 0.25) is 0 Å². The van der Waals surface area contributed by atoms with Gasteiger partial charge < -0.3 is 9.47 Å². The van der Waals surface area contributed by atoms with E-state index in [4.69, 9.17) is 9.47 Å². The molecule has 0 amide bonds. The fraction of sp³-hybridized carbons (Fsp3) is 0.647. The summed E-state index contributed by atoms with van der Waals surface area (Å²) >= 11 is 0. The van der Waals surface area contributed by atoms with E-state index in [1.807, 2.05) is 6.07 Å². The summed E-state index contributed by atoms with van der Waals surface area (Å²) in [6, 6.07) is 6.29. The van der Waals surface area contributed by atoms with Crippen molar-refractivity contribution in [2.45, 2.75) is 33.6 Å². The first-order valence-electron chi connectivity index (χ1n) is 7.22. The van der Waals surface area contributed by atoms with Gasteiger partial charge in [-0.1, -0.05) is 27.7 Å². The lowest BCUT2D eigenvalue weighted by molar-refractivity contribution is 0.352. The van der Waals surface area contributed by atoms with Gasteiger partial charge in [0.05, 0.1) is 14.2 Å². The smallest absolute Gasteiger partial charge is 0.122 e. The maximum absolute atomic E-state index is 5.40. The Morgan fingerprint density at radius 3 is 1.47 bits per heavy atom. The molecule has 0 spiro atoms. The molecular formula is C17H26O2. The third-order valence-corrected chi connectivity index (χ3v) is 5.38. The normalized spacial score (nSPS) is 34.3. The van der Waals surface area contributed by atoms with E-state index in [-0.39, 0.29) is 0 Å². The van der Waals surface area contributed by atoms with Crippen molar-refractivity contribution < 1.29 is 9.47 Å². The van der Waals surface area contributed by atoms with Crippen molar-refractivity contribution in [2.24, 2.45) is 23.7 Å². The zero-order chi connectivity index (χ0) is 14.2. The summed E-state index contributed by atoms with van der Waals surface area (Å²) in [5, 5.41) is 0. The van der Waals surface area contributed by atoms with Gasteiger partial charge in [0.1, 0.15) is 11.5 Å². The van der Waals surface area contributed by atoms with Crippen LogP contribution in [-0.4, -0.2) is 14.2 Å². The maximum atomic E-state index is 5.40. The van der Waals surface area contributed by atoms with Gasteiger partial charge in [-0.2, -0.15) is 0 Å². The number of ether oxygens (including phenoxy) is 2. The molecule has 1 aromatic rings. The molecule has 1 fully saturated rings. The number of hydrogen-bond acceptors (Lipinski definition) is 2. The van der Waals surface area contributed by atoms with E-state index < -0.39 is 0 Å². The maximum Gasteiger partial charge on any atom is 0.122 e. The molecule has 4 atom stereocenters. The lowest BCUT2D eigenvalue weighted by Crippen LogP contribution is -2.11. The SMILES string of the molecule is COc1cc(OC)cc(C2C(C)C(C)C(C)C2C)c1. The summed E-state index contributed by atoms with van der Waals surface area (Å²) in [7, 11) is 3.43. The molecule has 0 aromatic heterocycles. The topological polar surface area (TPSA) is 18.5 Å². The molecule has 19 heavy (non-hydrogen) atoms. The van der Waals surface area contributed by atoms with E-state index in [0.29, 0.717) is 17.8 Å². The molecule has 0 radical (unpaired) electrons. The van der Waals surface area contributed by atoms with Gasteiger partial charge in [-0.3, -0.25) is 0 Å².